The summed E-state index contributed by atoms with van der Waals surface area (Å²) in [5, 5.41) is 10.2. The van der Waals surface area contributed by atoms with Gasteiger partial charge in [0.25, 0.3) is 11.1 Å². The summed E-state index contributed by atoms with van der Waals surface area (Å²) < 4.78 is 0. The predicted molar refractivity (Wildman–Crippen MR) is 95.8 cm³/mol. The zero-order chi connectivity index (χ0) is 17.3. The average molecular weight is 360 g/mol. The molecule has 122 valence electrons. The van der Waals surface area contributed by atoms with E-state index in [4.69, 9.17) is 11.6 Å². The molecule has 3 rings (SSSR count). The lowest BCUT2D eigenvalue weighted by Crippen LogP contribution is -2.27. The van der Waals surface area contributed by atoms with E-state index in [-0.39, 0.29) is 23.4 Å². The lowest BCUT2D eigenvalue weighted by Gasteiger charge is -2.12. The molecule has 1 aliphatic heterocycles. The second-order valence-electron chi connectivity index (χ2n) is 5.46. The molecule has 4 nitrogen and oxygen atoms in total. The molecule has 0 aliphatic carbocycles. The lowest BCUT2D eigenvalue weighted by atomic mass is 10.1. The highest BCUT2D eigenvalue weighted by Crippen LogP contribution is 2.34. The van der Waals surface area contributed by atoms with E-state index >= 15 is 0 Å². The van der Waals surface area contributed by atoms with Crippen molar-refractivity contribution in [3.8, 4) is 5.75 Å². The minimum atomic E-state index is -0.360. The molecule has 1 saturated heterocycles. The summed E-state index contributed by atoms with van der Waals surface area (Å²) in [5.74, 6) is -0.286. The van der Waals surface area contributed by atoms with Crippen LogP contribution in [-0.2, 0) is 11.3 Å². The number of aryl methyl sites for hydroxylation is 1. The molecule has 2 amide bonds. The maximum Gasteiger partial charge on any atom is 0.293 e. The third-order valence-corrected chi connectivity index (χ3v) is 4.76. The van der Waals surface area contributed by atoms with Gasteiger partial charge in [0.2, 0.25) is 0 Å². The Bertz CT molecular complexity index is 846. The fourth-order valence-electron chi connectivity index (χ4n) is 2.34. The SMILES string of the molecule is Cc1ccc(O)c(/C=C2\SC(=O)N(Cc3ccc(Cl)cc3)C2=O)c1. The smallest absolute Gasteiger partial charge is 0.293 e. The van der Waals surface area contributed by atoms with Gasteiger partial charge in [-0.3, -0.25) is 14.5 Å². The molecule has 0 unspecified atom stereocenters. The van der Waals surface area contributed by atoms with Gasteiger partial charge in [-0.2, -0.15) is 0 Å². The molecule has 1 aliphatic rings. The summed E-state index contributed by atoms with van der Waals surface area (Å²) >= 11 is 6.72. The standard InChI is InChI=1S/C18H14ClNO3S/c1-11-2-7-15(21)13(8-11)9-16-17(22)20(18(23)24-16)10-12-3-5-14(19)6-4-12/h2-9,21H,10H2,1H3/b16-9-. The summed E-state index contributed by atoms with van der Waals surface area (Å²) in [7, 11) is 0. The van der Waals surface area contributed by atoms with Gasteiger partial charge in [-0.25, -0.2) is 0 Å². The number of carbonyl (C=O) groups is 2. The van der Waals surface area contributed by atoms with Gasteiger partial charge in [0, 0.05) is 10.6 Å². The Kier molecular flexibility index (Phi) is 4.64. The Morgan fingerprint density at radius 2 is 1.88 bits per heavy atom. The van der Waals surface area contributed by atoms with E-state index in [1.165, 1.54) is 4.90 Å². The van der Waals surface area contributed by atoms with Crippen LogP contribution in [0.1, 0.15) is 16.7 Å². The molecule has 0 aromatic heterocycles. The summed E-state index contributed by atoms with van der Waals surface area (Å²) in [6, 6.07) is 12.1. The number of amides is 2. The molecule has 1 fully saturated rings. The van der Waals surface area contributed by atoms with Crippen LogP contribution in [0.25, 0.3) is 6.08 Å². The summed E-state index contributed by atoms with van der Waals surface area (Å²) in [4.78, 5) is 26.1. The molecule has 0 saturated carbocycles. The van der Waals surface area contributed by atoms with E-state index in [1.807, 2.05) is 6.92 Å². The molecule has 0 spiro atoms. The van der Waals surface area contributed by atoms with E-state index in [1.54, 1.807) is 48.5 Å². The Hall–Kier alpha value is -2.24. The second-order valence-corrected chi connectivity index (χ2v) is 6.89. The Morgan fingerprint density at radius 1 is 1.17 bits per heavy atom. The first-order valence-electron chi connectivity index (χ1n) is 7.23. The molecule has 0 atom stereocenters. The highest BCUT2D eigenvalue weighted by molar-refractivity contribution is 8.18. The molecular weight excluding hydrogens is 346 g/mol. The zero-order valence-electron chi connectivity index (χ0n) is 12.8. The van der Waals surface area contributed by atoms with E-state index in [9.17, 15) is 14.7 Å². The van der Waals surface area contributed by atoms with E-state index in [0.29, 0.717) is 15.5 Å². The summed E-state index contributed by atoms with van der Waals surface area (Å²) in [6.45, 7) is 2.09. The summed E-state index contributed by atoms with van der Waals surface area (Å²) in [5.41, 5.74) is 2.30. The summed E-state index contributed by atoms with van der Waals surface area (Å²) in [6.07, 6.45) is 1.55. The maximum absolute atomic E-state index is 12.5. The highest BCUT2D eigenvalue weighted by Gasteiger charge is 2.35. The number of halogens is 1. The number of nitrogens with zero attached hydrogens (tertiary/aromatic N) is 1. The zero-order valence-corrected chi connectivity index (χ0v) is 14.4. The van der Waals surface area contributed by atoms with Crippen LogP contribution in [-0.4, -0.2) is 21.2 Å². The topological polar surface area (TPSA) is 57.6 Å². The lowest BCUT2D eigenvalue weighted by molar-refractivity contribution is -0.123. The third-order valence-electron chi connectivity index (χ3n) is 3.60. The molecular formula is C18H14ClNO3S. The van der Waals surface area contributed by atoms with Crippen LogP contribution in [0.3, 0.4) is 0 Å². The van der Waals surface area contributed by atoms with Crippen LogP contribution in [0.2, 0.25) is 5.02 Å². The van der Waals surface area contributed by atoms with Crippen molar-refractivity contribution >= 4 is 40.6 Å². The van der Waals surface area contributed by atoms with Crippen LogP contribution in [0.15, 0.2) is 47.4 Å². The van der Waals surface area contributed by atoms with Crippen molar-refractivity contribution in [3.63, 3.8) is 0 Å². The number of thioether (sulfide) groups is 1. The third kappa shape index (κ3) is 3.47. The highest BCUT2D eigenvalue weighted by atomic mass is 35.5. The van der Waals surface area contributed by atoms with Gasteiger partial charge < -0.3 is 5.11 Å². The van der Waals surface area contributed by atoms with Gasteiger partial charge in [0.05, 0.1) is 11.4 Å². The number of phenolic OH excluding ortho intramolecular Hbond substituents is 1. The first-order chi connectivity index (χ1) is 11.4. The minimum Gasteiger partial charge on any atom is -0.507 e. The largest absolute Gasteiger partial charge is 0.507 e. The van der Waals surface area contributed by atoms with Crippen molar-refractivity contribution in [3.05, 3.63) is 69.1 Å². The van der Waals surface area contributed by atoms with Crippen molar-refractivity contribution in [2.45, 2.75) is 13.5 Å². The number of hydrogen-bond acceptors (Lipinski definition) is 4. The molecule has 1 heterocycles. The number of carbonyl (C=O) groups excluding carboxylic acids is 2. The molecule has 6 heteroatoms. The van der Waals surface area contributed by atoms with E-state index in [0.717, 1.165) is 22.9 Å². The molecule has 2 aromatic rings. The number of hydrogen-bond donors (Lipinski definition) is 1. The molecule has 1 N–H and O–H groups in total. The Morgan fingerprint density at radius 3 is 2.58 bits per heavy atom. The number of imide groups is 1. The number of phenols is 1. The van der Waals surface area contributed by atoms with Gasteiger partial charge in [-0.05, 0) is 54.6 Å². The minimum absolute atomic E-state index is 0.0742. The first-order valence-corrected chi connectivity index (χ1v) is 8.43. The maximum atomic E-state index is 12.5. The predicted octanol–water partition coefficient (Wildman–Crippen LogP) is 4.59. The molecule has 2 aromatic carbocycles. The Balaban J connectivity index is 1.84. The monoisotopic (exact) mass is 359 g/mol. The normalized spacial score (nSPS) is 16.2. The van der Waals surface area contributed by atoms with Crippen LogP contribution >= 0.6 is 23.4 Å². The van der Waals surface area contributed by atoms with Gasteiger partial charge >= 0.3 is 0 Å². The van der Waals surface area contributed by atoms with Crippen molar-refractivity contribution < 1.29 is 14.7 Å². The van der Waals surface area contributed by atoms with Crippen LogP contribution in [0.5, 0.6) is 5.75 Å². The quantitative estimate of drug-likeness (QED) is 0.814. The first kappa shape index (κ1) is 16.6. The van der Waals surface area contributed by atoms with E-state index < -0.39 is 0 Å². The van der Waals surface area contributed by atoms with E-state index in [2.05, 4.69) is 0 Å². The van der Waals surface area contributed by atoms with Crippen LogP contribution < -0.4 is 0 Å². The van der Waals surface area contributed by atoms with Gasteiger partial charge in [0.1, 0.15) is 5.75 Å². The van der Waals surface area contributed by atoms with Crippen LogP contribution in [0.4, 0.5) is 4.79 Å². The number of aromatic hydroxyl groups is 1. The average Bonchev–Trinajstić information content (AvgIpc) is 2.80. The number of rotatable bonds is 3. The van der Waals surface area contributed by atoms with Crippen molar-refractivity contribution in [2.75, 3.05) is 0 Å². The Labute approximate surface area is 148 Å². The molecule has 0 bridgehead atoms. The van der Waals surface area contributed by atoms with Gasteiger partial charge in [0.15, 0.2) is 0 Å². The van der Waals surface area contributed by atoms with Crippen molar-refractivity contribution in [1.29, 1.82) is 0 Å². The van der Waals surface area contributed by atoms with Crippen LogP contribution in [0, 0.1) is 6.92 Å². The molecule has 24 heavy (non-hydrogen) atoms. The fraction of sp³-hybridized carbons (Fsp3) is 0.111. The fourth-order valence-corrected chi connectivity index (χ4v) is 3.29. The van der Waals surface area contributed by atoms with Gasteiger partial charge in [-0.15, -0.1) is 0 Å². The van der Waals surface area contributed by atoms with Crippen molar-refractivity contribution in [2.24, 2.45) is 0 Å². The molecule has 0 radical (unpaired) electrons. The number of benzene rings is 2. The second kappa shape index (κ2) is 6.71. The van der Waals surface area contributed by atoms with Crippen molar-refractivity contribution in [1.82, 2.24) is 4.90 Å². The van der Waals surface area contributed by atoms with Gasteiger partial charge in [-0.1, -0.05) is 35.4 Å².